The first kappa shape index (κ1) is 18.2. The Balaban J connectivity index is 1.40. The maximum Gasteiger partial charge on any atom is 0.411 e. The van der Waals surface area contributed by atoms with Gasteiger partial charge in [0.05, 0.1) is 0 Å². The Labute approximate surface area is 170 Å². The number of carbonyl (C=O) groups excluding carboxylic acids is 1. The van der Waals surface area contributed by atoms with E-state index in [0.29, 0.717) is 6.42 Å². The van der Waals surface area contributed by atoms with E-state index in [0.717, 1.165) is 43.2 Å². The lowest BCUT2D eigenvalue weighted by molar-refractivity contribution is -0.142. The molecule has 0 radical (unpaired) electrons. The average Bonchev–Trinajstić information content (AvgIpc) is 3.43. The number of rotatable bonds is 3. The normalized spacial score (nSPS) is 21.9. The molecule has 29 heavy (non-hydrogen) atoms. The number of ether oxygens (including phenoxy) is 1. The number of aliphatic carboxylic acids is 1. The molecule has 1 saturated heterocycles. The van der Waals surface area contributed by atoms with Crippen LogP contribution in [0.4, 0.5) is 4.79 Å². The van der Waals surface area contributed by atoms with E-state index in [1.54, 1.807) is 4.90 Å². The third-order valence-corrected chi connectivity index (χ3v) is 7.06. The Morgan fingerprint density at radius 3 is 2.14 bits per heavy atom. The van der Waals surface area contributed by atoms with Crippen molar-refractivity contribution in [2.45, 2.75) is 56.0 Å². The molecular formula is C24H25NO4. The predicted octanol–water partition coefficient (Wildman–Crippen LogP) is 4.80. The molecule has 2 aromatic carbocycles. The molecule has 3 aliphatic rings. The summed E-state index contributed by atoms with van der Waals surface area (Å²) in [5.41, 5.74) is 4.36. The number of amides is 1. The molecule has 1 spiro atoms. The summed E-state index contributed by atoms with van der Waals surface area (Å²) in [6.45, 7) is 0.228. The Kier molecular flexibility index (Phi) is 4.34. The Hall–Kier alpha value is -2.82. The van der Waals surface area contributed by atoms with Crippen LogP contribution in [0.15, 0.2) is 48.5 Å². The molecule has 1 unspecified atom stereocenters. The van der Waals surface area contributed by atoms with Crippen molar-refractivity contribution in [1.82, 2.24) is 4.90 Å². The highest BCUT2D eigenvalue weighted by Crippen LogP contribution is 2.47. The number of carboxylic acids is 1. The Bertz CT molecular complexity index is 917. The van der Waals surface area contributed by atoms with Crippen molar-refractivity contribution < 1.29 is 19.4 Å². The standard InChI is InChI=1S/C24H25NO4/c26-22(27)21-11-14-24(12-5-6-13-24)25(21)23(28)29-15-20-18-9-3-1-7-16(18)17-8-2-4-10-19(17)20/h1-4,7-10,20-21H,5-6,11-15H2,(H,26,27). The van der Waals surface area contributed by atoms with Crippen LogP contribution >= 0.6 is 0 Å². The zero-order chi connectivity index (χ0) is 20.0. The van der Waals surface area contributed by atoms with Crippen molar-refractivity contribution in [1.29, 1.82) is 0 Å². The Morgan fingerprint density at radius 1 is 0.966 bits per heavy atom. The van der Waals surface area contributed by atoms with E-state index in [4.69, 9.17) is 4.74 Å². The van der Waals surface area contributed by atoms with Gasteiger partial charge in [-0.15, -0.1) is 0 Å². The third kappa shape index (κ3) is 2.83. The summed E-state index contributed by atoms with van der Waals surface area (Å²) in [6, 6.07) is 15.7. The van der Waals surface area contributed by atoms with Gasteiger partial charge in [-0.2, -0.15) is 0 Å². The van der Waals surface area contributed by atoms with Crippen LogP contribution in [-0.2, 0) is 9.53 Å². The predicted molar refractivity (Wildman–Crippen MR) is 109 cm³/mol. The number of likely N-dealkylation sites (tertiary alicyclic amines) is 1. The second-order valence-corrected chi connectivity index (χ2v) is 8.50. The van der Waals surface area contributed by atoms with Gasteiger partial charge < -0.3 is 9.84 Å². The van der Waals surface area contributed by atoms with E-state index in [9.17, 15) is 14.7 Å². The highest BCUT2D eigenvalue weighted by molar-refractivity contribution is 5.82. The fourth-order valence-corrected chi connectivity index (χ4v) is 5.73. The van der Waals surface area contributed by atoms with Gasteiger partial charge in [-0.1, -0.05) is 61.4 Å². The van der Waals surface area contributed by atoms with Crippen molar-refractivity contribution >= 4 is 12.1 Å². The lowest BCUT2D eigenvalue weighted by atomic mass is 9.94. The number of hydrogen-bond acceptors (Lipinski definition) is 3. The van der Waals surface area contributed by atoms with Gasteiger partial charge in [-0.05, 0) is 47.9 Å². The molecule has 1 aliphatic heterocycles. The summed E-state index contributed by atoms with van der Waals surface area (Å²) in [6.07, 6.45) is 4.63. The maximum atomic E-state index is 13.1. The molecule has 1 amide bonds. The number of benzene rings is 2. The molecule has 0 aromatic heterocycles. The van der Waals surface area contributed by atoms with E-state index in [1.807, 2.05) is 24.3 Å². The van der Waals surface area contributed by atoms with Gasteiger partial charge in [0.15, 0.2) is 0 Å². The minimum atomic E-state index is -0.928. The monoisotopic (exact) mass is 391 g/mol. The fraction of sp³-hybridized carbons (Fsp3) is 0.417. The zero-order valence-corrected chi connectivity index (χ0v) is 16.3. The highest BCUT2D eigenvalue weighted by Gasteiger charge is 2.53. The van der Waals surface area contributed by atoms with Crippen molar-refractivity contribution in [3.05, 3.63) is 59.7 Å². The summed E-state index contributed by atoms with van der Waals surface area (Å²) in [5.74, 6) is -0.945. The van der Waals surface area contributed by atoms with Crippen LogP contribution in [0.3, 0.4) is 0 Å². The van der Waals surface area contributed by atoms with Crippen LogP contribution in [0.25, 0.3) is 11.1 Å². The van der Waals surface area contributed by atoms with Gasteiger partial charge in [0.1, 0.15) is 12.6 Å². The van der Waals surface area contributed by atoms with Crippen molar-refractivity contribution in [2.75, 3.05) is 6.61 Å². The Morgan fingerprint density at radius 2 is 1.55 bits per heavy atom. The summed E-state index contributed by atoms with van der Waals surface area (Å²) in [7, 11) is 0. The first-order valence-electron chi connectivity index (χ1n) is 10.5. The van der Waals surface area contributed by atoms with Gasteiger partial charge in [-0.3, -0.25) is 4.90 Å². The van der Waals surface area contributed by atoms with Crippen molar-refractivity contribution in [2.24, 2.45) is 0 Å². The van der Waals surface area contributed by atoms with Gasteiger partial charge in [0.2, 0.25) is 0 Å². The number of fused-ring (bicyclic) bond motifs is 3. The van der Waals surface area contributed by atoms with Crippen LogP contribution in [0, 0.1) is 0 Å². The van der Waals surface area contributed by atoms with Gasteiger partial charge >= 0.3 is 12.1 Å². The summed E-state index contributed by atoms with van der Waals surface area (Å²) < 4.78 is 5.81. The lowest BCUT2D eigenvalue weighted by Gasteiger charge is -2.36. The van der Waals surface area contributed by atoms with Gasteiger partial charge in [0, 0.05) is 11.5 Å². The average molecular weight is 391 g/mol. The van der Waals surface area contributed by atoms with Crippen LogP contribution in [0.1, 0.15) is 55.6 Å². The smallest absolute Gasteiger partial charge is 0.411 e. The second kappa shape index (κ2) is 6.90. The topological polar surface area (TPSA) is 66.8 Å². The van der Waals surface area contributed by atoms with Crippen LogP contribution < -0.4 is 0 Å². The number of carbonyl (C=O) groups is 2. The molecule has 1 atom stereocenters. The van der Waals surface area contributed by atoms with E-state index in [2.05, 4.69) is 24.3 Å². The van der Waals surface area contributed by atoms with Gasteiger partial charge in [-0.25, -0.2) is 9.59 Å². The molecule has 1 saturated carbocycles. The summed E-state index contributed by atoms with van der Waals surface area (Å²) in [5, 5.41) is 9.67. The van der Waals surface area contributed by atoms with Crippen molar-refractivity contribution in [3.8, 4) is 11.1 Å². The molecule has 0 bridgehead atoms. The minimum absolute atomic E-state index is 0.0169. The molecule has 1 N–H and O–H groups in total. The van der Waals surface area contributed by atoms with E-state index in [-0.39, 0.29) is 18.1 Å². The number of hydrogen-bond donors (Lipinski definition) is 1. The quantitative estimate of drug-likeness (QED) is 0.816. The molecular weight excluding hydrogens is 366 g/mol. The first-order chi connectivity index (χ1) is 14.1. The molecule has 2 fully saturated rings. The number of carboxylic acid groups (broad SMARTS) is 1. The second-order valence-electron chi connectivity index (χ2n) is 8.50. The molecule has 5 rings (SSSR count). The van der Waals surface area contributed by atoms with Crippen LogP contribution in [0.2, 0.25) is 0 Å². The minimum Gasteiger partial charge on any atom is -0.480 e. The highest BCUT2D eigenvalue weighted by atomic mass is 16.6. The lowest BCUT2D eigenvalue weighted by Crippen LogP contribution is -2.52. The third-order valence-electron chi connectivity index (χ3n) is 7.06. The molecule has 5 nitrogen and oxygen atoms in total. The summed E-state index contributed by atoms with van der Waals surface area (Å²) >= 11 is 0. The fourth-order valence-electron chi connectivity index (χ4n) is 5.73. The van der Waals surface area contributed by atoms with E-state index < -0.39 is 18.1 Å². The van der Waals surface area contributed by atoms with Gasteiger partial charge in [0.25, 0.3) is 0 Å². The van der Waals surface area contributed by atoms with E-state index >= 15 is 0 Å². The number of nitrogens with zero attached hydrogens (tertiary/aromatic N) is 1. The largest absolute Gasteiger partial charge is 0.480 e. The zero-order valence-electron chi connectivity index (χ0n) is 16.3. The molecule has 2 aromatic rings. The molecule has 150 valence electrons. The SMILES string of the molecule is O=C(O)C1CCC2(CCCC2)N1C(=O)OCC1c2ccccc2-c2ccccc21. The molecule has 2 aliphatic carbocycles. The van der Waals surface area contributed by atoms with Crippen molar-refractivity contribution in [3.63, 3.8) is 0 Å². The van der Waals surface area contributed by atoms with Crippen LogP contribution in [-0.4, -0.2) is 40.3 Å². The maximum absolute atomic E-state index is 13.1. The molecule has 1 heterocycles. The summed E-state index contributed by atoms with van der Waals surface area (Å²) in [4.78, 5) is 26.5. The molecule has 5 heteroatoms. The first-order valence-corrected chi connectivity index (χ1v) is 10.5. The van der Waals surface area contributed by atoms with Crippen LogP contribution in [0.5, 0.6) is 0 Å². The van der Waals surface area contributed by atoms with E-state index in [1.165, 1.54) is 11.1 Å².